The van der Waals surface area contributed by atoms with Crippen LogP contribution in [0, 0.1) is 12.7 Å². The number of nitrogens with zero attached hydrogens (tertiary/aromatic N) is 6. The van der Waals surface area contributed by atoms with Crippen LogP contribution in [0.25, 0.3) is 33.5 Å². The molecule has 0 fully saturated rings. The third-order valence-corrected chi connectivity index (χ3v) is 4.63. The van der Waals surface area contributed by atoms with Crippen LogP contribution in [0.1, 0.15) is 5.69 Å². The highest BCUT2D eigenvalue weighted by molar-refractivity contribution is 5.84. The molecule has 5 aromatic rings. The van der Waals surface area contributed by atoms with Crippen molar-refractivity contribution in [3.63, 3.8) is 0 Å². The van der Waals surface area contributed by atoms with Crippen LogP contribution in [0.4, 0.5) is 4.39 Å². The maximum absolute atomic E-state index is 13.3. The molecule has 4 aromatic heterocycles. The van der Waals surface area contributed by atoms with Crippen molar-refractivity contribution in [2.45, 2.75) is 6.92 Å². The van der Waals surface area contributed by atoms with Gasteiger partial charge in [0, 0.05) is 18.6 Å². The lowest BCUT2D eigenvalue weighted by molar-refractivity contribution is 0.628. The molecule has 8 heteroatoms. The molecule has 0 unspecified atom stereocenters. The van der Waals surface area contributed by atoms with E-state index in [1.807, 2.05) is 6.92 Å². The minimum absolute atomic E-state index is 0.208. The lowest BCUT2D eigenvalue weighted by Crippen LogP contribution is -2.20. The second kappa shape index (κ2) is 6.05. The highest BCUT2D eigenvalue weighted by Crippen LogP contribution is 2.28. The standard InChI is InChI=1S/C20H13FN6O/c1-12-17(13-2-4-14(21)5-3-13)19-24-23-18-16(27(19)25-12)8-11-26(20(18)28)15-6-9-22-10-7-15/h2-11H,1H3. The van der Waals surface area contributed by atoms with Crippen molar-refractivity contribution in [2.75, 3.05) is 0 Å². The van der Waals surface area contributed by atoms with Crippen LogP contribution in [-0.4, -0.2) is 29.4 Å². The van der Waals surface area contributed by atoms with E-state index in [0.717, 1.165) is 11.1 Å². The first-order valence-electron chi connectivity index (χ1n) is 8.57. The van der Waals surface area contributed by atoms with Gasteiger partial charge in [-0.3, -0.25) is 14.3 Å². The Bertz CT molecular complexity index is 1390. The van der Waals surface area contributed by atoms with E-state index in [9.17, 15) is 9.18 Å². The predicted octanol–water partition coefficient (Wildman–Crippen LogP) is 2.94. The SMILES string of the molecule is Cc1nn2c(nnc3c(=O)n(-c4ccncc4)ccc32)c1-c1ccc(F)cc1. The Morgan fingerprint density at radius 2 is 1.71 bits per heavy atom. The third kappa shape index (κ3) is 2.38. The average molecular weight is 372 g/mol. The number of pyridine rings is 2. The second-order valence-electron chi connectivity index (χ2n) is 6.33. The Labute approximate surface area is 157 Å². The summed E-state index contributed by atoms with van der Waals surface area (Å²) in [6.07, 6.45) is 4.91. The molecule has 0 radical (unpaired) electrons. The Balaban J connectivity index is 1.78. The highest BCUT2D eigenvalue weighted by Gasteiger charge is 2.17. The smallest absolute Gasteiger partial charge is 0.282 e. The van der Waals surface area contributed by atoms with Crippen molar-refractivity contribution in [1.29, 1.82) is 0 Å². The molecule has 0 aliphatic rings. The molecule has 0 bridgehead atoms. The first-order valence-corrected chi connectivity index (χ1v) is 8.57. The summed E-state index contributed by atoms with van der Waals surface area (Å²) in [6.45, 7) is 1.84. The minimum atomic E-state index is -0.314. The zero-order chi connectivity index (χ0) is 19.3. The van der Waals surface area contributed by atoms with E-state index < -0.39 is 0 Å². The number of fused-ring (bicyclic) bond motifs is 3. The van der Waals surface area contributed by atoms with E-state index in [-0.39, 0.29) is 16.9 Å². The van der Waals surface area contributed by atoms with E-state index in [1.165, 1.54) is 16.7 Å². The number of hydrogen-bond donors (Lipinski definition) is 0. The zero-order valence-corrected chi connectivity index (χ0v) is 14.7. The molecule has 0 atom stereocenters. The van der Waals surface area contributed by atoms with Gasteiger partial charge in [-0.1, -0.05) is 12.1 Å². The van der Waals surface area contributed by atoms with Crippen molar-refractivity contribution in [3.8, 4) is 16.8 Å². The molecule has 5 rings (SSSR count). The van der Waals surface area contributed by atoms with Crippen molar-refractivity contribution < 1.29 is 4.39 Å². The van der Waals surface area contributed by atoms with E-state index in [0.29, 0.717) is 22.5 Å². The number of aromatic nitrogens is 6. The first-order chi connectivity index (χ1) is 13.6. The fourth-order valence-corrected chi connectivity index (χ4v) is 3.32. The van der Waals surface area contributed by atoms with E-state index >= 15 is 0 Å². The van der Waals surface area contributed by atoms with Gasteiger partial charge in [0.1, 0.15) is 11.3 Å². The highest BCUT2D eigenvalue weighted by atomic mass is 19.1. The third-order valence-electron chi connectivity index (χ3n) is 4.63. The van der Waals surface area contributed by atoms with Gasteiger partial charge < -0.3 is 0 Å². The van der Waals surface area contributed by atoms with Crippen LogP contribution in [-0.2, 0) is 0 Å². The molecule has 0 saturated heterocycles. The molecule has 0 aliphatic heterocycles. The molecule has 0 spiro atoms. The van der Waals surface area contributed by atoms with Crippen LogP contribution in [0.5, 0.6) is 0 Å². The van der Waals surface area contributed by atoms with Crippen LogP contribution >= 0.6 is 0 Å². The number of hydrogen-bond acceptors (Lipinski definition) is 5. The van der Waals surface area contributed by atoms with Crippen LogP contribution in [0.15, 0.2) is 65.8 Å². The van der Waals surface area contributed by atoms with E-state index in [2.05, 4.69) is 20.3 Å². The van der Waals surface area contributed by atoms with Crippen molar-refractivity contribution in [2.24, 2.45) is 0 Å². The number of halogens is 1. The number of rotatable bonds is 2. The minimum Gasteiger partial charge on any atom is -0.282 e. The maximum atomic E-state index is 13.3. The molecule has 136 valence electrons. The fourth-order valence-electron chi connectivity index (χ4n) is 3.32. The molecule has 0 amide bonds. The number of benzene rings is 1. The summed E-state index contributed by atoms with van der Waals surface area (Å²) in [7, 11) is 0. The molecule has 1 aromatic carbocycles. The summed E-state index contributed by atoms with van der Waals surface area (Å²) >= 11 is 0. The Morgan fingerprint density at radius 1 is 0.964 bits per heavy atom. The molecule has 28 heavy (non-hydrogen) atoms. The van der Waals surface area contributed by atoms with Crippen molar-refractivity contribution in [1.82, 2.24) is 29.4 Å². The molecular formula is C20H13FN6O. The molecular weight excluding hydrogens is 359 g/mol. The molecule has 0 aliphatic carbocycles. The summed E-state index contributed by atoms with van der Waals surface area (Å²) in [6, 6.07) is 11.4. The molecule has 0 saturated carbocycles. The number of aryl methyl sites for hydroxylation is 1. The van der Waals surface area contributed by atoms with Crippen LogP contribution in [0.2, 0.25) is 0 Å². The molecule has 7 nitrogen and oxygen atoms in total. The average Bonchev–Trinajstić information content (AvgIpc) is 3.06. The largest absolute Gasteiger partial charge is 0.285 e. The van der Waals surface area contributed by atoms with Gasteiger partial charge in [-0.25, -0.2) is 8.91 Å². The topological polar surface area (TPSA) is 78.0 Å². The van der Waals surface area contributed by atoms with Crippen molar-refractivity contribution >= 4 is 16.7 Å². The summed E-state index contributed by atoms with van der Waals surface area (Å²) in [5.74, 6) is -0.314. The van der Waals surface area contributed by atoms with Gasteiger partial charge in [-0.05, 0) is 42.8 Å². The van der Waals surface area contributed by atoms with Gasteiger partial charge in [-0.15, -0.1) is 10.2 Å². The van der Waals surface area contributed by atoms with Gasteiger partial charge in [0.05, 0.1) is 16.9 Å². The Kier molecular flexibility index (Phi) is 3.51. The summed E-state index contributed by atoms with van der Waals surface area (Å²) in [4.78, 5) is 16.9. The van der Waals surface area contributed by atoms with Gasteiger partial charge in [0.2, 0.25) is 0 Å². The van der Waals surface area contributed by atoms with Gasteiger partial charge in [0.25, 0.3) is 5.56 Å². The quantitative estimate of drug-likeness (QED) is 0.476. The maximum Gasteiger partial charge on any atom is 0.285 e. The summed E-state index contributed by atoms with van der Waals surface area (Å²) in [5, 5.41) is 13.0. The van der Waals surface area contributed by atoms with Crippen molar-refractivity contribution in [3.05, 3.63) is 82.9 Å². The lowest BCUT2D eigenvalue weighted by Gasteiger charge is -2.07. The monoisotopic (exact) mass is 372 g/mol. The molecule has 4 heterocycles. The summed E-state index contributed by atoms with van der Waals surface area (Å²) in [5.41, 5.74) is 3.92. The van der Waals surface area contributed by atoms with Crippen LogP contribution in [0.3, 0.4) is 0 Å². The van der Waals surface area contributed by atoms with E-state index in [4.69, 9.17) is 0 Å². The normalized spacial score (nSPS) is 11.4. The zero-order valence-electron chi connectivity index (χ0n) is 14.7. The molecule has 0 N–H and O–H groups in total. The predicted molar refractivity (Wildman–Crippen MR) is 102 cm³/mol. The lowest BCUT2D eigenvalue weighted by atomic mass is 10.1. The fraction of sp³-hybridized carbons (Fsp3) is 0.0500. The first kappa shape index (κ1) is 16.2. The van der Waals surface area contributed by atoms with Crippen LogP contribution < -0.4 is 5.56 Å². The Hall–Kier alpha value is -3.94. The van der Waals surface area contributed by atoms with Gasteiger partial charge in [0.15, 0.2) is 11.2 Å². The van der Waals surface area contributed by atoms with Gasteiger partial charge >= 0.3 is 0 Å². The Morgan fingerprint density at radius 3 is 2.46 bits per heavy atom. The van der Waals surface area contributed by atoms with Gasteiger partial charge in [-0.2, -0.15) is 5.10 Å². The second-order valence-corrected chi connectivity index (χ2v) is 6.33. The summed E-state index contributed by atoms with van der Waals surface area (Å²) < 4.78 is 16.4. The van der Waals surface area contributed by atoms with E-state index in [1.54, 1.807) is 53.4 Å².